The topological polar surface area (TPSA) is 39.1 Å². The highest BCUT2D eigenvalue weighted by molar-refractivity contribution is 5.06. The first-order valence-electron chi connectivity index (χ1n) is 7.99. The molecular weight excluding hydrogens is 234 g/mol. The van der Waals surface area contributed by atoms with Gasteiger partial charge in [-0.1, -0.05) is 27.7 Å². The molecule has 0 spiro atoms. The first-order chi connectivity index (χ1) is 9.08. The molecule has 1 aliphatic rings. The fraction of sp³-hybridized carbons (Fsp3) is 0.938. The van der Waals surface area contributed by atoms with Crippen molar-refractivity contribution >= 4 is 0 Å². The van der Waals surface area contributed by atoms with Gasteiger partial charge in [0.2, 0.25) is 0 Å². The second-order valence-electron chi connectivity index (χ2n) is 6.17. The summed E-state index contributed by atoms with van der Waals surface area (Å²) in [6, 6.07) is 3.26. The van der Waals surface area contributed by atoms with Gasteiger partial charge in [0.1, 0.15) is 5.54 Å². The number of rotatable bonds is 8. The zero-order valence-electron chi connectivity index (χ0n) is 13.2. The van der Waals surface area contributed by atoms with E-state index in [1.54, 1.807) is 0 Å². The molecule has 1 N–H and O–H groups in total. The lowest BCUT2D eigenvalue weighted by Gasteiger charge is -2.30. The van der Waals surface area contributed by atoms with Gasteiger partial charge in [-0.15, -0.1) is 0 Å². The molecule has 3 nitrogen and oxygen atoms in total. The molecule has 3 heteroatoms. The minimum atomic E-state index is -0.304. The molecule has 1 saturated heterocycles. The average Bonchev–Trinajstić information content (AvgIpc) is 2.86. The maximum absolute atomic E-state index is 9.41. The Morgan fingerprint density at radius 3 is 2.68 bits per heavy atom. The van der Waals surface area contributed by atoms with Crippen molar-refractivity contribution in [1.29, 1.82) is 5.26 Å². The van der Waals surface area contributed by atoms with Gasteiger partial charge in [-0.3, -0.25) is 5.32 Å². The molecule has 1 rings (SSSR count). The van der Waals surface area contributed by atoms with E-state index in [4.69, 9.17) is 0 Å². The summed E-state index contributed by atoms with van der Waals surface area (Å²) >= 11 is 0. The highest BCUT2D eigenvalue weighted by Crippen LogP contribution is 2.25. The number of hydrogen-bond donors (Lipinski definition) is 1. The third-order valence-corrected chi connectivity index (χ3v) is 4.57. The summed E-state index contributed by atoms with van der Waals surface area (Å²) in [4.78, 5) is 2.63. The maximum atomic E-state index is 9.41. The van der Waals surface area contributed by atoms with Crippen molar-refractivity contribution in [3.8, 4) is 6.07 Å². The van der Waals surface area contributed by atoms with Crippen molar-refractivity contribution in [2.75, 3.05) is 19.6 Å². The molecule has 0 amide bonds. The van der Waals surface area contributed by atoms with Crippen LogP contribution in [-0.2, 0) is 0 Å². The summed E-state index contributed by atoms with van der Waals surface area (Å²) in [7, 11) is 0. The van der Waals surface area contributed by atoms with Crippen LogP contribution in [-0.4, -0.2) is 36.1 Å². The van der Waals surface area contributed by atoms with Crippen molar-refractivity contribution in [3.05, 3.63) is 0 Å². The van der Waals surface area contributed by atoms with Crippen LogP contribution in [0.1, 0.15) is 59.8 Å². The van der Waals surface area contributed by atoms with Gasteiger partial charge in [-0.25, -0.2) is 0 Å². The van der Waals surface area contributed by atoms with Crippen molar-refractivity contribution in [3.63, 3.8) is 0 Å². The van der Waals surface area contributed by atoms with Crippen LogP contribution in [0.4, 0.5) is 0 Å². The zero-order chi connectivity index (χ0) is 14.3. The Bertz CT molecular complexity index is 295. The number of nitrogens with one attached hydrogen (secondary N) is 1. The monoisotopic (exact) mass is 265 g/mol. The number of nitriles is 1. The highest BCUT2D eigenvalue weighted by atomic mass is 15.2. The fourth-order valence-corrected chi connectivity index (χ4v) is 3.37. The Kier molecular flexibility index (Phi) is 6.82. The summed E-state index contributed by atoms with van der Waals surface area (Å²) < 4.78 is 0. The van der Waals surface area contributed by atoms with E-state index in [9.17, 15) is 5.26 Å². The minimum Gasteiger partial charge on any atom is -0.300 e. The van der Waals surface area contributed by atoms with E-state index in [2.05, 4.69) is 44.0 Å². The first kappa shape index (κ1) is 16.5. The van der Waals surface area contributed by atoms with Gasteiger partial charge in [0.25, 0.3) is 0 Å². The summed E-state index contributed by atoms with van der Waals surface area (Å²) in [6.07, 6.45) is 5.67. The van der Waals surface area contributed by atoms with Crippen LogP contribution >= 0.6 is 0 Å². The van der Waals surface area contributed by atoms with Crippen molar-refractivity contribution in [2.24, 2.45) is 5.92 Å². The van der Waals surface area contributed by atoms with Gasteiger partial charge < -0.3 is 4.90 Å². The van der Waals surface area contributed by atoms with Crippen molar-refractivity contribution in [2.45, 2.75) is 71.4 Å². The Labute approximate surface area is 119 Å². The molecule has 1 heterocycles. The quantitative estimate of drug-likeness (QED) is 0.732. The SMILES string of the molecule is CCNC(C#N)(CC)CCCN1CCCC1C(C)C. The molecule has 0 bridgehead atoms. The lowest BCUT2D eigenvalue weighted by atomic mass is 9.91. The summed E-state index contributed by atoms with van der Waals surface area (Å²) in [5, 5.41) is 12.8. The molecular formula is C16H31N3. The molecule has 0 radical (unpaired) electrons. The van der Waals surface area contributed by atoms with E-state index in [0.29, 0.717) is 0 Å². The van der Waals surface area contributed by atoms with E-state index in [1.807, 2.05) is 0 Å². The number of likely N-dealkylation sites (tertiary alicyclic amines) is 1. The maximum Gasteiger partial charge on any atom is 0.106 e. The van der Waals surface area contributed by atoms with Gasteiger partial charge >= 0.3 is 0 Å². The van der Waals surface area contributed by atoms with Gasteiger partial charge in [-0.05, 0) is 57.7 Å². The van der Waals surface area contributed by atoms with Crippen molar-refractivity contribution in [1.82, 2.24) is 10.2 Å². The molecule has 1 aliphatic heterocycles. The normalized spacial score (nSPS) is 23.5. The van der Waals surface area contributed by atoms with Gasteiger partial charge in [0.05, 0.1) is 6.07 Å². The third kappa shape index (κ3) is 4.47. The fourth-order valence-electron chi connectivity index (χ4n) is 3.37. The molecule has 110 valence electrons. The van der Waals surface area contributed by atoms with Gasteiger partial charge in [-0.2, -0.15) is 5.26 Å². The molecule has 1 fully saturated rings. The molecule has 19 heavy (non-hydrogen) atoms. The van der Waals surface area contributed by atoms with Crippen LogP contribution in [0.2, 0.25) is 0 Å². The molecule has 0 aromatic rings. The molecule has 0 aromatic carbocycles. The standard InChI is InChI=1S/C16H31N3/c1-5-16(13-17,18-6-2)10-8-12-19-11-7-9-15(19)14(3)4/h14-15,18H,5-12H2,1-4H3. The number of hydrogen-bond acceptors (Lipinski definition) is 3. The lowest BCUT2D eigenvalue weighted by Crippen LogP contribution is -2.44. The van der Waals surface area contributed by atoms with Gasteiger partial charge in [0, 0.05) is 6.04 Å². The lowest BCUT2D eigenvalue weighted by molar-refractivity contribution is 0.196. The van der Waals surface area contributed by atoms with Crippen LogP contribution < -0.4 is 5.32 Å². The van der Waals surface area contributed by atoms with E-state index < -0.39 is 0 Å². The first-order valence-corrected chi connectivity index (χ1v) is 7.99. The van der Waals surface area contributed by atoms with E-state index in [0.717, 1.165) is 44.3 Å². The van der Waals surface area contributed by atoms with E-state index in [-0.39, 0.29) is 5.54 Å². The summed E-state index contributed by atoms with van der Waals surface area (Å²) in [5.41, 5.74) is -0.304. The summed E-state index contributed by atoms with van der Waals surface area (Å²) in [5.74, 6) is 0.753. The second kappa shape index (κ2) is 7.87. The van der Waals surface area contributed by atoms with Crippen LogP contribution in [0.3, 0.4) is 0 Å². The molecule has 0 saturated carbocycles. The second-order valence-corrected chi connectivity index (χ2v) is 6.17. The minimum absolute atomic E-state index is 0.304. The highest BCUT2D eigenvalue weighted by Gasteiger charge is 2.29. The molecule has 0 aromatic heterocycles. The predicted octanol–water partition coefficient (Wildman–Crippen LogP) is 3.17. The van der Waals surface area contributed by atoms with Crippen LogP contribution in [0, 0.1) is 17.2 Å². The van der Waals surface area contributed by atoms with Gasteiger partial charge in [0.15, 0.2) is 0 Å². The zero-order valence-corrected chi connectivity index (χ0v) is 13.2. The Morgan fingerprint density at radius 2 is 2.16 bits per heavy atom. The van der Waals surface area contributed by atoms with Crippen LogP contribution in [0.5, 0.6) is 0 Å². The average molecular weight is 265 g/mol. The number of nitrogens with zero attached hydrogens (tertiary/aromatic N) is 2. The molecule has 2 unspecified atom stereocenters. The Morgan fingerprint density at radius 1 is 1.42 bits per heavy atom. The smallest absolute Gasteiger partial charge is 0.106 e. The van der Waals surface area contributed by atoms with E-state index >= 15 is 0 Å². The molecule has 0 aliphatic carbocycles. The van der Waals surface area contributed by atoms with E-state index in [1.165, 1.54) is 19.4 Å². The predicted molar refractivity (Wildman–Crippen MR) is 81.0 cm³/mol. The largest absolute Gasteiger partial charge is 0.300 e. The third-order valence-electron chi connectivity index (χ3n) is 4.57. The summed E-state index contributed by atoms with van der Waals surface area (Å²) in [6.45, 7) is 12.1. The van der Waals surface area contributed by atoms with Crippen LogP contribution in [0.15, 0.2) is 0 Å². The molecule has 2 atom stereocenters. The van der Waals surface area contributed by atoms with Crippen LogP contribution in [0.25, 0.3) is 0 Å². The van der Waals surface area contributed by atoms with Crippen molar-refractivity contribution < 1.29 is 0 Å². The Balaban J connectivity index is 2.42. The Hall–Kier alpha value is -0.590.